The Balaban J connectivity index is 4.11. The van der Waals surface area contributed by atoms with Crippen molar-refractivity contribution in [3.63, 3.8) is 0 Å². The van der Waals surface area contributed by atoms with E-state index in [2.05, 4.69) is 11.8 Å². The van der Waals surface area contributed by atoms with E-state index in [0.29, 0.717) is 38.0 Å². The molecule has 0 aliphatic rings. The Morgan fingerprint density at radius 2 is 1.52 bits per heavy atom. The minimum Gasteiger partial charge on any atom is -0.338 e. The van der Waals surface area contributed by atoms with Crippen LogP contribution in [0.3, 0.4) is 0 Å². The molecule has 0 aliphatic carbocycles. The summed E-state index contributed by atoms with van der Waals surface area (Å²) < 4.78 is 11.3. The summed E-state index contributed by atoms with van der Waals surface area (Å²) in [4.78, 5) is 36.2. The van der Waals surface area contributed by atoms with E-state index in [1.54, 1.807) is 11.9 Å². The number of hydrogen-bond acceptors (Lipinski definition) is 7. The maximum absolute atomic E-state index is 11.1. The lowest BCUT2D eigenvalue weighted by Crippen LogP contribution is -2.30. The van der Waals surface area contributed by atoms with Crippen molar-refractivity contribution in [2.24, 2.45) is 0 Å². The summed E-state index contributed by atoms with van der Waals surface area (Å²) in [6.07, 6.45) is 3.17. The van der Waals surface area contributed by atoms with Crippen LogP contribution in [0.1, 0.15) is 39.5 Å². The zero-order valence-corrected chi connectivity index (χ0v) is 18.1. The van der Waals surface area contributed by atoms with Crippen molar-refractivity contribution in [1.82, 2.24) is 9.80 Å². The topological polar surface area (TPSA) is 76.2 Å². The van der Waals surface area contributed by atoms with Gasteiger partial charge in [-0.15, -0.1) is 0 Å². The second-order valence-corrected chi connectivity index (χ2v) is 8.91. The first-order chi connectivity index (χ1) is 13.0. The molecule has 7 nitrogen and oxygen atoms in total. The molecular formula is C19H32N2O5Si. The molecule has 1 unspecified atom stereocenters. The third kappa shape index (κ3) is 13.3. The van der Waals surface area contributed by atoms with E-state index in [1.165, 1.54) is 11.4 Å². The number of rotatable bonds is 16. The highest BCUT2D eigenvalue weighted by molar-refractivity contribution is 6.79. The summed E-state index contributed by atoms with van der Waals surface area (Å²) in [5, 5.41) is 0.475. The molecule has 0 rings (SSSR count). The molecule has 0 bridgehead atoms. The summed E-state index contributed by atoms with van der Waals surface area (Å²) in [5.74, 6) is 5.19. The van der Waals surface area contributed by atoms with Crippen LogP contribution in [0.25, 0.3) is 0 Å². The van der Waals surface area contributed by atoms with Gasteiger partial charge in [-0.05, 0) is 58.2 Å². The van der Waals surface area contributed by atoms with E-state index in [1.807, 2.05) is 31.9 Å². The molecule has 0 N–H and O–H groups in total. The van der Waals surface area contributed by atoms with E-state index < -0.39 is 8.80 Å². The van der Waals surface area contributed by atoms with Crippen molar-refractivity contribution in [2.45, 2.75) is 45.8 Å². The average molecular weight is 397 g/mol. The Morgan fingerprint density at radius 3 is 1.96 bits per heavy atom. The number of ether oxygens (including phenoxy) is 2. The third-order valence-corrected chi connectivity index (χ3v) is 6.17. The van der Waals surface area contributed by atoms with Gasteiger partial charge in [0.15, 0.2) is 15.1 Å². The van der Waals surface area contributed by atoms with Crippen LogP contribution in [-0.2, 0) is 23.9 Å². The predicted molar refractivity (Wildman–Crippen MR) is 108 cm³/mol. The zero-order valence-electron chi connectivity index (χ0n) is 16.9. The first-order valence-corrected chi connectivity index (χ1v) is 11.2. The molecule has 0 amide bonds. The van der Waals surface area contributed by atoms with E-state index in [4.69, 9.17) is 9.47 Å². The normalized spacial score (nSPS) is 12.8. The largest absolute Gasteiger partial charge is 0.338 e. The molecule has 27 heavy (non-hydrogen) atoms. The first kappa shape index (κ1) is 25.4. The Kier molecular flexibility index (Phi) is 15.6. The molecule has 0 aromatic rings. The van der Waals surface area contributed by atoms with Gasteiger partial charge in [-0.3, -0.25) is 9.80 Å². The average Bonchev–Trinajstić information content (AvgIpc) is 2.66. The lowest BCUT2D eigenvalue weighted by atomic mass is 10.3. The molecule has 0 aromatic carbocycles. The molecule has 0 radical (unpaired) electrons. The van der Waals surface area contributed by atoms with Gasteiger partial charge < -0.3 is 9.47 Å². The van der Waals surface area contributed by atoms with Crippen LogP contribution < -0.4 is 0 Å². The van der Waals surface area contributed by atoms with Crippen molar-refractivity contribution < 1.29 is 23.9 Å². The molecule has 0 heterocycles. The number of hydrogen-bond donors (Lipinski definition) is 0. The molecule has 0 fully saturated rings. The molecule has 8 heteroatoms. The van der Waals surface area contributed by atoms with Crippen LogP contribution in [-0.4, -0.2) is 83.4 Å². The molecule has 152 valence electrons. The van der Waals surface area contributed by atoms with Crippen LogP contribution in [0.2, 0.25) is 0 Å². The Bertz CT molecular complexity index is 534. The molecule has 0 saturated carbocycles. The predicted octanol–water partition coefficient (Wildman–Crippen LogP) is 1.10. The number of allylic oxidation sites excluding steroid dienone is 1. The van der Waals surface area contributed by atoms with Gasteiger partial charge in [0.05, 0.1) is 0 Å². The second kappa shape index (κ2) is 16.6. The summed E-state index contributed by atoms with van der Waals surface area (Å²) in [6.45, 7) is 6.65. The van der Waals surface area contributed by atoms with Gasteiger partial charge in [0.2, 0.25) is 0 Å². The smallest absolute Gasteiger partial charge is 0.158 e. The third-order valence-electron chi connectivity index (χ3n) is 3.97. The second-order valence-electron chi connectivity index (χ2n) is 6.50. The molecule has 0 saturated heterocycles. The van der Waals surface area contributed by atoms with E-state index in [0.717, 1.165) is 19.4 Å². The summed E-state index contributed by atoms with van der Waals surface area (Å²) >= 11 is 0. The van der Waals surface area contributed by atoms with Gasteiger partial charge in [0.1, 0.15) is 31.3 Å². The minimum atomic E-state index is -2.15. The standard InChI is InChI=1S/C19H32N2O5Si/c1-5-6-9-20(3)16-25-18(2)26-17-21(4)10-7-8-19(15-24)27(13-11-22)14-12-23/h13-14,18,27H,5-10,16-17H2,1-4H3. The van der Waals surface area contributed by atoms with Gasteiger partial charge in [-0.1, -0.05) is 13.3 Å². The van der Waals surface area contributed by atoms with Crippen LogP contribution >= 0.6 is 0 Å². The first-order valence-electron chi connectivity index (χ1n) is 9.24. The van der Waals surface area contributed by atoms with Crippen molar-refractivity contribution in [1.29, 1.82) is 0 Å². The monoisotopic (exact) mass is 396 g/mol. The summed E-state index contributed by atoms with van der Waals surface area (Å²) in [5.41, 5.74) is 2.52. The van der Waals surface area contributed by atoms with Crippen LogP contribution in [0, 0.1) is 0 Å². The van der Waals surface area contributed by atoms with Crippen molar-refractivity contribution in [2.75, 3.05) is 40.6 Å². The molecular weight excluding hydrogens is 364 g/mol. The zero-order chi connectivity index (χ0) is 20.5. The van der Waals surface area contributed by atoms with Crippen molar-refractivity contribution in [3.8, 4) is 0 Å². The van der Waals surface area contributed by atoms with Gasteiger partial charge in [-0.25, -0.2) is 14.4 Å². The summed E-state index contributed by atoms with van der Waals surface area (Å²) in [7, 11) is 1.78. The van der Waals surface area contributed by atoms with Crippen LogP contribution in [0.5, 0.6) is 0 Å². The van der Waals surface area contributed by atoms with Gasteiger partial charge >= 0.3 is 0 Å². The van der Waals surface area contributed by atoms with E-state index in [9.17, 15) is 14.4 Å². The fourth-order valence-corrected chi connectivity index (χ4v) is 3.76. The highest BCUT2D eigenvalue weighted by Crippen LogP contribution is 2.08. The highest BCUT2D eigenvalue weighted by Gasteiger charge is 2.13. The quantitative estimate of drug-likeness (QED) is 0.220. The Morgan fingerprint density at radius 1 is 1.00 bits per heavy atom. The van der Waals surface area contributed by atoms with E-state index >= 15 is 0 Å². The molecule has 0 spiro atoms. The molecule has 0 aliphatic heterocycles. The maximum atomic E-state index is 11.1. The fourth-order valence-electron chi connectivity index (χ4n) is 2.29. The number of unbranched alkanes of at least 4 members (excludes halogenated alkanes) is 1. The molecule has 0 aromatic heterocycles. The Hall–Kier alpha value is -1.59. The highest BCUT2D eigenvalue weighted by atomic mass is 28.3. The lowest BCUT2D eigenvalue weighted by molar-refractivity contribution is -0.172. The summed E-state index contributed by atoms with van der Waals surface area (Å²) in [6, 6.07) is 0. The fraction of sp³-hybridized carbons (Fsp3) is 0.684. The minimum absolute atomic E-state index is 0.311. The van der Waals surface area contributed by atoms with Gasteiger partial charge in [0, 0.05) is 11.7 Å². The van der Waals surface area contributed by atoms with E-state index in [-0.39, 0.29) is 6.29 Å². The maximum Gasteiger partial charge on any atom is 0.158 e. The SMILES string of the molecule is CCCCN(C)COC(C)OCN(C)CCCC(=C=O)[SiH](C=C=O)C=C=O. The van der Waals surface area contributed by atoms with Crippen LogP contribution in [0.4, 0.5) is 0 Å². The number of carbonyl (C=O) groups excluding carboxylic acids is 3. The Labute approximate surface area is 163 Å². The molecule has 1 atom stereocenters. The van der Waals surface area contributed by atoms with Crippen molar-refractivity contribution >= 4 is 26.6 Å². The lowest BCUT2D eigenvalue weighted by Gasteiger charge is -2.23. The van der Waals surface area contributed by atoms with Gasteiger partial charge in [-0.2, -0.15) is 0 Å². The van der Waals surface area contributed by atoms with Crippen molar-refractivity contribution in [3.05, 3.63) is 16.6 Å². The van der Waals surface area contributed by atoms with Crippen LogP contribution in [0.15, 0.2) is 16.6 Å². The van der Waals surface area contributed by atoms with Gasteiger partial charge in [0.25, 0.3) is 0 Å². The number of nitrogens with zero attached hydrogens (tertiary/aromatic N) is 2.